The summed E-state index contributed by atoms with van der Waals surface area (Å²) in [5.74, 6) is 0.0596. The van der Waals surface area contributed by atoms with Gasteiger partial charge in [-0.15, -0.1) is 11.3 Å². The zero-order valence-electron chi connectivity index (χ0n) is 13.3. The summed E-state index contributed by atoms with van der Waals surface area (Å²) >= 11 is 1.66. The van der Waals surface area contributed by atoms with E-state index in [1.54, 1.807) is 30.8 Å². The standard InChI is InChI=1S/C17H16N4O2S/c1-17(6-15(22)21(2)16(18)20-17)11-3-4-14-12(5-11)13(9-24-14)10-7-19-23-8-10/h3-5,7-9H,6H2,1-2H3,(H2,18,20)/t17-/m0/s1. The molecular formula is C17H16N4O2S. The number of hydrogen-bond acceptors (Lipinski definition) is 5. The van der Waals surface area contributed by atoms with E-state index in [2.05, 4.69) is 28.0 Å². The third-order valence-electron chi connectivity index (χ3n) is 4.56. The molecule has 1 aromatic carbocycles. The lowest BCUT2D eigenvalue weighted by Crippen LogP contribution is -2.58. The Hall–Kier alpha value is -2.67. The van der Waals surface area contributed by atoms with E-state index >= 15 is 0 Å². The first-order valence-electron chi connectivity index (χ1n) is 7.53. The van der Waals surface area contributed by atoms with E-state index in [1.807, 2.05) is 13.0 Å². The van der Waals surface area contributed by atoms with Gasteiger partial charge < -0.3 is 9.84 Å². The van der Waals surface area contributed by atoms with Crippen molar-refractivity contribution in [3.63, 3.8) is 0 Å². The van der Waals surface area contributed by atoms with Crippen molar-refractivity contribution in [2.24, 2.45) is 0 Å². The van der Waals surface area contributed by atoms with Crippen molar-refractivity contribution in [2.45, 2.75) is 18.9 Å². The summed E-state index contributed by atoms with van der Waals surface area (Å²) in [5.41, 5.74) is 2.39. The summed E-state index contributed by atoms with van der Waals surface area (Å²) in [7, 11) is 1.61. The average molecular weight is 340 g/mol. The van der Waals surface area contributed by atoms with Gasteiger partial charge in [0.1, 0.15) is 6.26 Å². The van der Waals surface area contributed by atoms with Gasteiger partial charge in [0, 0.05) is 28.3 Å². The molecule has 2 aromatic heterocycles. The minimum absolute atomic E-state index is 0.0640. The minimum atomic E-state index is -0.595. The van der Waals surface area contributed by atoms with Gasteiger partial charge in [0.15, 0.2) is 5.96 Å². The molecule has 0 unspecified atom stereocenters. The SMILES string of the molecule is CN1C(=N)N[C@](C)(c2ccc3scc(-c4cnoc4)c3c2)CC1=O. The van der Waals surface area contributed by atoms with Crippen LogP contribution >= 0.6 is 11.3 Å². The van der Waals surface area contributed by atoms with E-state index in [4.69, 9.17) is 9.93 Å². The van der Waals surface area contributed by atoms with Crippen LogP contribution in [-0.2, 0) is 10.3 Å². The number of guanidine groups is 1. The number of hydrogen-bond donors (Lipinski definition) is 2. The lowest BCUT2D eigenvalue weighted by molar-refractivity contribution is -0.129. The van der Waals surface area contributed by atoms with Crippen molar-refractivity contribution in [3.05, 3.63) is 41.6 Å². The molecule has 6 nitrogen and oxygen atoms in total. The molecule has 7 heteroatoms. The maximum absolute atomic E-state index is 12.2. The Bertz CT molecular complexity index is 927. The highest BCUT2D eigenvalue weighted by atomic mass is 32.1. The number of thiophene rings is 1. The van der Waals surface area contributed by atoms with Crippen LogP contribution in [0.3, 0.4) is 0 Å². The van der Waals surface area contributed by atoms with Crippen molar-refractivity contribution >= 4 is 33.3 Å². The molecule has 1 saturated heterocycles. The van der Waals surface area contributed by atoms with Crippen LogP contribution in [0.25, 0.3) is 21.2 Å². The van der Waals surface area contributed by atoms with Crippen LogP contribution in [0.5, 0.6) is 0 Å². The van der Waals surface area contributed by atoms with E-state index in [1.165, 1.54) is 4.90 Å². The highest BCUT2D eigenvalue weighted by Gasteiger charge is 2.38. The molecule has 0 saturated carbocycles. The van der Waals surface area contributed by atoms with E-state index in [-0.39, 0.29) is 11.9 Å². The molecule has 4 rings (SSSR count). The van der Waals surface area contributed by atoms with Crippen LogP contribution < -0.4 is 5.32 Å². The van der Waals surface area contributed by atoms with Crippen LogP contribution in [0.2, 0.25) is 0 Å². The lowest BCUT2D eigenvalue weighted by atomic mass is 9.85. The van der Waals surface area contributed by atoms with E-state index in [9.17, 15) is 4.79 Å². The van der Waals surface area contributed by atoms with E-state index < -0.39 is 5.54 Å². The topological polar surface area (TPSA) is 82.2 Å². The lowest BCUT2D eigenvalue weighted by Gasteiger charge is -2.39. The monoisotopic (exact) mass is 340 g/mol. The summed E-state index contributed by atoms with van der Waals surface area (Å²) in [6, 6.07) is 6.17. The molecule has 2 N–H and O–H groups in total. The fourth-order valence-electron chi connectivity index (χ4n) is 3.04. The van der Waals surface area contributed by atoms with Gasteiger partial charge in [0.25, 0.3) is 0 Å². The highest BCUT2D eigenvalue weighted by Crippen LogP contribution is 2.37. The summed E-state index contributed by atoms with van der Waals surface area (Å²) < 4.78 is 6.12. The summed E-state index contributed by atoms with van der Waals surface area (Å²) in [4.78, 5) is 13.5. The Balaban J connectivity index is 1.81. The Morgan fingerprint density at radius 1 is 1.46 bits per heavy atom. The molecule has 1 atom stereocenters. The molecule has 1 fully saturated rings. The van der Waals surface area contributed by atoms with Crippen molar-refractivity contribution < 1.29 is 9.32 Å². The molecule has 1 aliphatic rings. The molecule has 0 bridgehead atoms. The second-order valence-electron chi connectivity index (χ2n) is 6.21. The fraction of sp³-hybridized carbons (Fsp3) is 0.235. The van der Waals surface area contributed by atoms with Crippen LogP contribution in [0.4, 0.5) is 0 Å². The zero-order valence-corrected chi connectivity index (χ0v) is 14.1. The molecule has 1 amide bonds. The smallest absolute Gasteiger partial charge is 0.231 e. The van der Waals surface area contributed by atoms with Gasteiger partial charge in [-0.25, -0.2) is 0 Å². The molecule has 0 radical (unpaired) electrons. The molecule has 0 spiro atoms. The number of carbonyl (C=O) groups is 1. The van der Waals surface area contributed by atoms with Gasteiger partial charge in [-0.2, -0.15) is 0 Å². The van der Waals surface area contributed by atoms with Crippen LogP contribution in [0.15, 0.2) is 40.6 Å². The Morgan fingerprint density at radius 3 is 3.00 bits per heavy atom. The Morgan fingerprint density at radius 2 is 2.29 bits per heavy atom. The second-order valence-corrected chi connectivity index (χ2v) is 7.12. The van der Waals surface area contributed by atoms with Crippen molar-refractivity contribution in [1.29, 1.82) is 5.41 Å². The summed E-state index contributed by atoms with van der Waals surface area (Å²) in [6.07, 6.45) is 3.63. The summed E-state index contributed by atoms with van der Waals surface area (Å²) in [6.45, 7) is 1.96. The van der Waals surface area contributed by atoms with Gasteiger partial charge in [-0.05, 0) is 30.0 Å². The summed E-state index contributed by atoms with van der Waals surface area (Å²) in [5, 5.41) is 18.1. The Kier molecular flexibility index (Phi) is 3.21. The number of amides is 1. The maximum Gasteiger partial charge on any atom is 0.231 e. The van der Waals surface area contributed by atoms with Gasteiger partial charge in [0.05, 0.1) is 18.2 Å². The van der Waals surface area contributed by atoms with Gasteiger partial charge in [0.2, 0.25) is 5.91 Å². The second kappa shape index (κ2) is 5.17. The van der Waals surface area contributed by atoms with Crippen LogP contribution in [0.1, 0.15) is 18.9 Å². The molecular weight excluding hydrogens is 324 g/mol. The van der Waals surface area contributed by atoms with Crippen LogP contribution in [-0.4, -0.2) is 29.0 Å². The molecule has 3 heterocycles. The highest BCUT2D eigenvalue weighted by molar-refractivity contribution is 7.17. The first-order valence-corrected chi connectivity index (χ1v) is 8.41. The molecule has 3 aromatic rings. The quantitative estimate of drug-likeness (QED) is 0.751. The minimum Gasteiger partial charge on any atom is -0.364 e. The number of fused-ring (bicyclic) bond motifs is 1. The third kappa shape index (κ3) is 2.20. The first kappa shape index (κ1) is 14.9. The maximum atomic E-state index is 12.2. The largest absolute Gasteiger partial charge is 0.364 e. The Labute approximate surface area is 142 Å². The predicted molar refractivity (Wildman–Crippen MR) is 92.9 cm³/mol. The number of aromatic nitrogens is 1. The third-order valence-corrected chi connectivity index (χ3v) is 5.53. The average Bonchev–Trinajstić information content (AvgIpc) is 3.20. The number of rotatable bonds is 2. The zero-order chi connectivity index (χ0) is 16.9. The number of nitrogens with one attached hydrogen (secondary N) is 2. The normalized spacial score (nSPS) is 21.3. The molecule has 24 heavy (non-hydrogen) atoms. The molecule has 1 aliphatic heterocycles. The van der Waals surface area contributed by atoms with Crippen molar-refractivity contribution in [2.75, 3.05) is 7.05 Å². The first-order chi connectivity index (χ1) is 11.5. The van der Waals surface area contributed by atoms with Crippen molar-refractivity contribution in [1.82, 2.24) is 15.4 Å². The number of nitrogens with zero attached hydrogens (tertiary/aromatic N) is 2. The number of benzene rings is 1. The van der Waals surface area contributed by atoms with Gasteiger partial charge in [-0.3, -0.25) is 15.1 Å². The van der Waals surface area contributed by atoms with Crippen LogP contribution in [0, 0.1) is 5.41 Å². The number of carbonyl (C=O) groups excluding carboxylic acids is 1. The van der Waals surface area contributed by atoms with Gasteiger partial charge in [-0.1, -0.05) is 11.2 Å². The van der Waals surface area contributed by atoms with E-state index in [0.29, 0.717) is 6.42 Å². The molecule has 0 aliphatic carbocycles. The fourth-order valence-corrected chi connectivity index (χ4v) is 3.99. The van der Waals surface area contributed by atoms with Gasteiger partial charge >= 0.3 is 0 Å². The molecule has 122 valence electrons. The van der Waals surface area contributed by atoms with E-state index in [0.717, 1.165) is 26.8 Å². The van der Waals surface area contributed by atoms with Crippen molar-refractivity contribution in [3.8, 4) is 11.1 Å². The predicted octanol–water partition coefficient (Wildman–Crippen LogP) is 3.16.